The summed E-state index contributed by atoms with van der Waals surface area (Å²) in [4.78, 5) is 25.8. The second kappa shape index (κ2) is 20.4. The quantitative estimate of drug-likeness (QED) is 0.0511. The maximum atomic E-state index is 13.3. The van der Waals surface area contributed by atoms with Gasteiger partial charge in [0.2, 0.25) is 0 Å². The summed E-state index contributed by atoms with van der Waals surface area (Å²) in [5, 5.41) is 103. The minimum absolute atomic E-state index is 0.0940. The number of phenolic OH excluding ortho intramolecular Hbond substituents is 3. The molecule has 0 aliphatic carbocycles. The Hall–Kier alpha value is -4.20. The van der Waals surface area contributed by atoms with Crippen LogP contribution in [0.5, 0.6) is 23.0 Å². The standard InChI is InChI=1S/C38H50O21/c1-16-32(58-37-30(49)28(47)27(46)24(14-39)55-37)29(48)31(50)36(53-16)59-34-33(57-26(45)9-6-18-4-7-20(42)22(44)12-18)25(15-40)56-38(35(34)54-17(2)41)52-11-10-19-5-8-21(43)23(13-19)51-3/h4-9,12-13,16,24-25,27-40,42-44,46-50H,10-11,14-15H2,1-3H3. The lowest BCUT2D eigenvalue weighted by molar-refractivity contribution is -0.376. The lowest BCUT2D eigenvalue weighted by Gasteiger charge is -2.48. The number of aliphatic hydroxyl groups is 7. The molecule has 15 unspecified atom stereocenters. The van der Waals surface area contributed by atoms with Gasteiger partial charge in [-0.25, -0.2) is 4.79 Å². The number of phenols is 3. The number of rotatable bonds is 15. The van der Waals surface area contributed by atoms with E-state index in [0.717, 1.165) is 13.0 Å². The predicted molar refractivity (Wildman–Crippen MR) is 194 cm³/mol. The van der Waals surface area contributed by atoms with Crippen molar-refractivity contribution in [1.82, 2.24) is 0 Å². The third-order valence-electron chi connectivity index (χ3n) is 9.86. The summed E-state index contributed by atoms with van der Waals surface area (Å²) in [5.74, 6) is -2.68. The molecule has 3 aliphatic rings. The molecule has 21 nitrogen and oxygen atoms in total. The van der Waals surface area contributed by atoms with Gasteiger partial charge in [0.05, 0.1) is 33.0 Å². The van der Waals surface area contributed by atoms with E-state index in [1.54, 1.807) is 12.1 Å². The van der Waals surface area contributed by atoms with Gasteiger partial charge in [0.15, 0.2) is 54.1 Å². The van der Waals surface area contributed by atoms with Gasteiger partial charge in [-0.15, -0.1) is 0 Å². The van der Waals surface area contributed by atoms with E-state index >= 15 is 0 Å². The van der Waals surface area contributed by atoms with Crippen LogP contribution in [0.4, 0.5) is 0 Å². The molecular weight excluding hydrogens is 792 g/mol. The summed E-state index contributed by atoms with van der Waals surface area (Å²) in [7, 11) is 1.38. The molecule has 3 saturated heterocycles. The highest BCUT2D eigenvalue weighted by Crippen LogP contribution is 2.35. The van der Waals surface area contributed by atoms with Crippen LogP contribution in [0.2, 0.25) is 0 Å². The molecule has 15 atom stereocenters. The lowest BCUT2D eigenvalue weighted by Crippen LogP contribution is -2.66. The van der Waals surface area contributed by atoms with Crippen molar-refractivity contribution >= 4 is 18.0 Å². The fourth-order valence-corrected chi connectivity index (χ4v) is 6.72. The van der Waals surface area contributed by atoms with Crippen LogP contribution < -0.4 is 4.74 Å². The SMILES string of the molecule is COc1cc(CCOC2OC(CO)C(OC(=O)C=Cc3ccc(O)c(O)c3)C(OC3OC(C)C(OC4OC(CO)C(O)C(O)C4O)C(O)C3O)C2OC(C)=O)ccc1O. The van der Waals surface area contributed by atoms with E-state index in [1.165, 1.54) is 44.4 Å². The number of aromatic hydroxyl groups is 3. The Kier molecular flexibility index (Phi) is 15.8. The molecule has 59 heavy (non-hydrogen) atoms. The Morgan fingerprint density at radius 2 is 1.34 bits per heavy atom. The van der Waals surface area contributed by atoms with Gasteiger partial charge in [-0.3, -0.25) is 4.79 Å². The predicted octanol–water partition coefficient (Wildman–Crippen LogP) is -2.32. The number of hydrogen-bond acceptors (Lipinski definition) is 21. The fraction of sp³-hybridized carbons (Fsp3) is 0.579. The van der Waals surface area contributed by atoms with E-state index < -0.39 is 129 Å². The van der Waals surface area contributed by atoms with Crippen molar-refractivity contribution in [1.29, 1.82) is 0 Å². The van der Waals surface area contributed by atoms with Crippen LogP contribution in [0.25, 0.3) is 6.08 Å². The fourth-order valence-electron chi connectivity index (χ4n) is 6.72. The largest absolute Gasteiger partial charge is 0.504 e. The van der Waals surface area contributed by atoms with Crippen LogP contribution in [-0.4, -0.2) is 182 Å². The van der Waals surface area contributed by atoms with Crippen LogP contribution in [-0.2, 0) is 53.9 Å². The molecule has 328 valence electrons. The Morgan fingerprint density at radius 1 is 0.695 bits per heavy atom. The number of ether oxygens (including phenoxy) is 9. The number of methoxy groups -OCH3 is 1. The minimum Gasteiger partial charge on any atom is -0.504 e. The Balaban J connectivity index is 1.40. The average molecular weight is 843 g/mol. The maximum Gasteiger partial charge on any atom is 0.331 e. The highest BCUT2D eigenvalue weighted by Gasteiger charge is 2.55. The van der Waals surface area contributed by atoms with E-state index in [4.69, 9.17) is 42.6 Å². The smallest absolute Gasteiger partial charge is 0.331 e. The molecule has 0 saturated carbocycles. The maximum absolute atomic E-state index is 13.3. The van der Waals surface area contributed by atoms with Gasteiger partial charge < -0.3 is 93.7 Å². The van der Waals surface area contributed by atoms with E-state index in [2.05, 4.69) is 0 Å². The summed E-state index contributed by atoms with van der Waals surface area (Å²) in [6, 6.07) is 8.34. The van der Waals surface area contributed by atoms with E-state index in [0.29, 0.717) is 5.56 Å². The van der Waals surface area contributed by atoms with E-state index in [1.807, 2.05) is 0 Å². The Morgan fingerprint density at radius 3 is 2.00 bits per heavy atom. The lowest BCUT2D eigenvalue weighted by atomic mass is 9.96. The van der Waals surface area contributed by atoms with E-state index in [9.17, 15) is 60.7 Å². The van der Waals surface area contributed by atoms with Crippen LogP contribution in [0, 0.1) is 0 Å². The van der Waals surface area contributed by atoms with E-state index in [-0.39, 0.29) is 30.1 Å². The van der Waals surface area contributed by atoms with Crippen molar-refractivity contribution in [2.45, 2.75) is 112 Å². The molecule has 0 aromatic heterocycles. The number of aliphatic hydroxyl groups excluding tert-OH is 7. The van der Waals surface area contributed by atoms with Crippen molar-refractivity contribution in [2.75, 3.05) is 26.9 Å². The molecular formula is C38H50O21. The van der Waals surface area contributed by atoms with Crippen molar-refractivity contribution in [2.24, 2.45) is 0 Å². The van der Waals surface area contributed by atoms with Crippen LogP contribution in [0.3, 0.4) is 0 Å². The zero-order chi connectivity index (χ0) is 43.1. The molecule has 3 fully saturated rings. The molecule has 0 amide bonds. The second-order valence-corrected chi connectivity index (χ2v) is 14.0. The second-order valence-electron chi connectivity index (χ2n) is 14.0. The molecule has 21 heteroatoms. The van der Waals surface area contributed by atoms with Gasteiger partial charge in [-0.2, -0.15) is 0 Å². The third kappa shape index (κ3) is 11.0. The Bertz CT molecular complexity index is 1740. The van der Waals surface area contributed by atoms with Crippen LogP contribution >= 0.6 is 0 Å². The van der Waals surface area contributed by atoms with Crippen molar-refractivity contribution < 1.29 is 103 Å². The highest BCUT2D eigenvalue weighted by atomic mass is 16.8. The molecule has 2 aromatic rings. The number of esters is 2. The summed E-state index contributed by atoms with van der Waals surface area (Å²) in [5.41, 5.74) is 0.942. The average Bonchev–Trinajstić information content (AvgIpc) is 3.20. The molecule has 3 aliphatic heterocycles. The zero-order valence-electron chi connectivity index (χ0n) is 32.1. The first kappa shape index (κ1) is 45.9. The summed E-state index contributed by atoms with van der Waals surface area (Å²) >= 11 is 0. The van der Waals surface area contributed by atoms with Crippen LogP contribution in [0.1, 0.15) is 25.0 Å². The van der Waals surface area contributed by atoms with Crippen LogP contribution in [0.15, 0.2) is 42.5 Å². The monoisotopic (exact) mass is 842 g/mol. The summed E-state index contributed by atoms with van der Waals surface area (Å²) in [6.45, 7) is 0.757. The molecule has 2 aromatic carbocycles. The van der Waals surface area contributed by atoms with Gasteiger partial charge in [-0.05, 0) is 54.8 Å². The van der Waals surface area contributed by atoms with Crippen molar-refractivity contribution in [3.63, 3.8) is 0 Å². The first-order valence-electron chi connectivity index (χ1n) is 18.5. The van der Waals surface area contributed by atoms with Gasteiger partial charge in [0.25, 0.3) is 0 Å². The molecule has 10 N–H and O–H groups in total. The first-order valence-corrected chi connectivity index (χ1v) is 18.5. The van der Waals surface area contributed by atoms with Gasteiger partial charge in [-0.1, -0.05) is 12.1 Å². The molecule has 0 radical (unpaired) electrons. The Labute approximate surface area is 337 Å². The third-order valence-corrected chi connectivity index (χ3v) is 9.86. The van der Waals surface area contributed by atoms with Crippen molar-refractivity contribution in [3.8, 4) is 23.0 Å². The molecule has 5 rings (SSSR count). The molecule has 3 heterocycles. The topological polar surface area (TPSA) is 320 Å². The number of hydrogen-bond donors (Lipinski definition) is 10. The normalized spacial score (nSPS) is 35.0. The van der Waals surface area contributed by atoms with Gasteiger partial charge in [0, 0.05) is 13.0 Å². The molecule has 0 spiro atoms. The number of carbonyl (C=O) groups excluding carboxylic acids is 2. The van der Waals surface area contributed by atoms with Crippen molar-refractivity contribution in [3.05, 3.63) is 53.6 Å². The first-order chi connectivity index (χ1) is 28.1. The molecule has 0 bridgehead atoms. The number of carbonyl (C=O) groups is 2. The number of benzene rings is 2. The van der Waals surface area contributed by atoms with Gasteiger partial charge >= 0.3 is 11.9 Å². The summed E-state index contributed by atoms with van der Waals surface area (Å²) < 4.78 is 51.5. The highest BCUT2D eigenvalue weighted by molar-refractivity contribution is 5.87. The van der Waals surface area contributed by atoms with Gasteiger partial charge in [0.1, 0.15) is 54.9 Å². The zero-order valence-corrected chi connectivity index (χ0v) is 32.1. The summed E-state index contributed by atoms with van der Waals surface area (Å²) in [6.07, 6.45) is -22.2. The minimum atomic E-state index is -1.99.